The van der Waals surface area contributed by atoms with Gasteiger partial charge in [0.15, 0.2) is 0 Å². The van der Waals surface area contributed by atoms with Crippen molar-refractivity contribution in [3.8, 4) is 0 Å². The molecule has 0 radical (unpaired) electrons. The van der Waals surface area contributed by atoms with E-state index in [1.807, 2.05) is 0 Å². The predicted molar refractivity (Wildman–Crippen MR) is 64.9 cm³/mol. The highest BCUT2D eigenvalue weighted by Gasteiger charge is 2.36. The lowest BCUT2D eigenvalue weighted by molar-refractivity contribution is -0.141. The van der Waals surface area contributed by atoms with Crippen LogP contribution in [0.4, 0.5) is 0 Å². The number of carbonyl (C=O) groups is 1. The van der Waals surface area contributed by atoms with E-state index >= 15 is 0 Å². The fraction of sp³-hybridized carbons (Fsp3) is 0.923. The molecular weight excluding hydrogens is 216 g/mol. The summed E-state index contributed by atoms with van der Waals surface area (Å²) < 4.78 is 0. The first-order valence-electron chi connectivity index (χ1n) is 6.95. The predicted octanol–water partition coefficient (Wildman–Crippen LogP) is 1.02. The summed E-state index contributed by atoms with van der Waals surface area (Å²) in [6.07, 6.45) is 6.12. The molecule has 0 spiro atoms. The van der Waals surface area contributed by atoms with Crippen LogP contribution in [-0.2, 0) is 4.79 Å². The van der Waals surface area contributed by atoms with Crippen LogP contribution in [0, 0.1) is 5.92 Å². The van der Waals surface area contributed by atoms with Crippen molar-refractivity contribution in [2.24, 2.45) is 5.92 Å². The minimum atomic E-state index is -0.608. The van der Waals surface area contributed by atoms with Gasteiger partial charge in [-0.15, -0.1) is 0 Å². The van der Waals surface area contributed by atoms with Gasteiger partial charge < -0.3 is 10.0 Å². The van der Waals surface area contributed by atoms with Gasteiger partial charge in [-0.3, -0.25) is 9.69 Å². The van der Waals surface area contributed by atoms with E-state index < -0.39 is 5.97 Å². The summed E-state index contributed by atoms with van der Waals surface area (Å²) in [5.74, 6) is -0.723. The third-order valence-electron chi connectivity index (χ3n) is 4.65. The molecule has 0 aromatic rings. The number of hydrogen-bond acceptors (Lipinski definition) is 3. The van der Waals surface area contributed by atoms with E-state index in [1.165, 1.54) is 38.8 Å². The monoisotopic (exact) mass is 238 g/mol. The van der Waals surface area contributed by atoms with E-state index in [-0.39, 0.29) is 5.92 Å². The molecule has 1 aliphatic carbocycles. The molecule has 0 amide bonds. The third kappa shape index (κ3) is 2.47. The summed E-state index contributed by atoms with van der Waals surface area (Å²) in [6, 6.07) is 1.54. The highest BCUT2D eigenvalue weighted by molar-refractivity contribution is 5.70. The van der Waals surface area contributed by atoms with Crippen molar-refractivity contribution in [2.45, 2.75) is 44.2 Å². The van der Waals surface area contributed by atoms with Gasteiger partial charge >= 0.3 is 5.97 Å². The SMILES string of the molecule is O=C(O)C1CCN(C2CCN(C3CC3)CC2)C1. The first-order chi connectivity index (χ1) is 8.24. The molecule has 1 unspecified atom stereocenters. The fourth-order valence-corrected chi connectivity index (χ4v) is 3.38. The second-order valence-corrected chi connectivity index (χ2v) is 5.82. The van der Waals surface area contributed by atoms with Crippen molar-refractivity contribution in [1.29, 1.82) is 0 Å². The molecule has 0 aromatic heterocycles. The molecule has 2 aliphatic heterocycles. The van der Waals surface area contributed by atoms with Crippen LogP contribution in [0.5, 0.6) is 0 Å². The summed E-state index contributed by atoms with van der Waals surface area (Å²) >= 11 is 0. The zero-order valence-corrected chi connectivity index (χ0v) is 10.3. The maximum Gasteiger partial charge on any atom is 0.307 e. The van der Waals surface area contributed by atoms with E-state index in [4.69, 9.17) is 5.11 Å². The lowest BCUT2D eigenvalue weighted by Crippen LogP contribution is -2.44. The molecular formula is C13H22N2O2. The highest BCUT2D eigenvalue weighted by Crippen LogP contribution is 2.31. The minimum Gasteiger partial charge on any atom is -0.481 e. The van der Waals surface area contributed by atoms with Crippen LogP contribution in [0.2, 0.25) is 0 Å². The zero-order chi connectivity index (χ0) is 11.8. The van der Waals surface area contributed by atoms with E-state index in [1.54, 1.807) is 0 Å². The standard InChI is InChI=1S/C13H22N2O2/c16-13(17)10-3-6-15(9-10)12-4-7-14(8-5-12)11-1-2-11/h10-12H,1-9H2,(H,16,17). The molecule has 17 heavy (non-hydrogen) atoms. The maximum atomic E-state index is 10.9. The average molecular weight is 238 g/mol. The zero-order valence-electron chi connectivity index (χ0n) is 10.3. The number of likely N-dealkylation sites (tertiary alicyclic amines) is 2. The number of carboxylic acid groups (broad SMARTS) is 1. The van der Waals surface area contributed by atoms with Gasteiger partial charge in [0.1, 0.15) is 0 Å². The summed E-state index contributed by atoms with van der Waals surface area (Å²) in [6.45, 7) is 4.22. The first-order valence-corrected chi connectivity index (χ1v) is 6.95. The Morgan fingerprint density at radius 1 is 0.882 bits per heavy atom. The normalized spacial score (nSPS) is 33.1. The van der Waals surface area contributed by atoms with Crippen LogP contribution in [0.25, 0.3) is 0 Å². The summed E-state index contributed by atoms with van der Waals surface area (Å²) in [7, 11) is 0. The first kappa shape index (κ1) is 11.5. The number of piperidine rings is 1. The van der Waals surface area contributed by atoms with Crippen LogP contribution in [0.1, 0.15) is 32.1 Å². The Balaban J connectivity index is 1.48. The number of aliphatic carboxylic acids is 1. The van der Waals surface area contributed by atoms with Crippen molar-refractivity contribution < 1.29 is 9.90 Å². The van der Waals surface area contributed by atoms with Gasteiger partial charge in [-0.25, -0.2) is 0 Å². The average Bonchev–Trinajstić information content (AvgIpc) is 3.06. The van der Waals surface area contributed by atoms with E-state index in [0.717, 1.165) is 25.6 Å². The van der Waals surface area contributed by atoms with Gasteiger partial charge in [-0.1, -0.05) is 0 Å². The molecule has 2 saturated heterocycles. The molecule has 3 aliphatic rings. The molecule has 0 aromatic carbocycles. The molecule has 1 atom stereocenters. The molecule has 1 saturated carbocycles. The maximum absolute atomic E-state index is 10.9. The van der Waals surface area contributed by atoms with Crippen molar-refractivity contribution in [1.82, 2.24) is 9.80 Å². The van der Waals surface area contributed by atoms with Gasteiger partial charge in [-0.05, 0) is 51.7 Å². The van der Waals surface area contributed by atoms with Crippen LogP contribution < -0.4 is 0 Å². The van der Waals surface area contributed by atoms with Gasteiger partial charge in [0.05, 0.1) is 5.92 Å². The van der Waals surface area contributed by atoms with Crippen molar-refractivity contribution in [3.05, 3.63) is 0 Å². The third-order valence-corrected chi connectivity index (χ3v) is 4.65. The molecule has 3 rings (SSSR count). The van der Waals surface area contributed by atoms with Crippen molar-refractivity contribution in [3.63, 3.8) is 0 Å². The van der Waals surface area contributed by atoms with E-state index in [0.29, 0.717) is 6.04 Å². The highest BCUT2D eigenvalue weighted by atomic mass is 16.4. The van der Waals surface area contributed by atoms with Crippen LogP contribution >= 0.6 is 0 Å². The summed E-state index contributed by atoms with van der Waals surface area (Å²) in [4.78, 5) is 16.0. The minimum absolute atomic E-state index is 0.114. The molecule has 4 nitrogen and oxygen atoms in total. The summed E-state index contributed by atoms with van der Waals surface area (Å²) in [5, 5.41) is 9.02. The molecule has 1 N–H and O–H groups in total. The molecule has 0 bridgehead atoms. The van der Waals surface area contributed by atoms with Crippen LogP contribution in [-0.4, -0.2) is 59.1 Å². The fourth-order valence-electron chi connectivity index (χ4n) is 3.38. The Morgan fingerprint density at radius 3 is 2.00 bits per heavy atom. The smallest absolute Gasteiger partial charge is 0.307 e. The van der Waals surface area contributed by atoms with Gasteiger partial charge in [-0.2, -0.15) is 0 Å². The Bertz CT molecular complexity index is 296. The lowest BCUT2D eigenvalue weighted by atomic mass is 10.0. The number of hydrogen-bond donors (Lipinski definition) is 1. The van der Waals surface area contributed by atoms with E-state index in [2.05, 4.69) is 9.80 Å². The largest absolute Gasteiger partial charge is 0.481 e. The molecule has 3 fully saturated rings. The quantitative estimate of drug-likeness (QED) is 0.797. The number of carboxylic acids is 1. The van der Waals surface area contributed by atoms with E-state index in [9.17, 15) is 4.79 Å². The lowest BCUT2D eigenvalue weighted by Gasteiger charge is -2.36. The number of rotatable bonds is 3. The number of nitrogens with zero attached hydrogens (tertiary/aromatic N) is 2. The second-order valence-electron chi connectivity index (χ2n) is 5.82. The second kappa shape index (κ2) is 4.58. The molecule has 4 heteroatoms. The molecule has 96 valence electrons. The van der Waals surface area contributed by atoms with Gasteiger partial charge in [0.2, 0.25) is 0 Å². The van der Waals surface area contributed by atoms with Crippen LogP contribution in [0.15, 0.2) is 0 Å². The summed E-state index contributed by atoms with van der Waals surface area (Å²) in [5.41, 5.74) is 0. The van der Waals surface area contributed by atoms with Gasteiger partial charge in [0, 0.05) is 18.6 Å². The Morgan fingerprint density at radius 2 is 1.47 bits per heavy atom. The topological polar surface area (TPSA) is 43.8 Å². The Kier molecular flexibility index (Phi) is 3.09. The van der Waals surface area contributed by atoms with Crippen molar-refractivity contribution >= 4 is 5.97 Å². The Hall–Kier alpha value is -0.610. The Labute approximate surface area is 103 Å². The van der Waals surface area contributed by atoms with Crippen LogP contribution in [0.3, 0.4) is 0 Å². The molecule has 2 heterocycles. The van der Waals surface area contributed by atoms with Crippen molar-refractivity contribution in [2.75, 3.05) is 26.2 Å². The van der Waals surface area contributed by atoms with Gasteiger partial charge in [0.25, 0.3) is 0 Å².